The van der Waals surface area contributed by atoms with E-state index in [1.807, 2.05) is 51.1 Å². The van der Waals surface area contributed by atoms with Crippen molar-refractivity contribution >= 4 is 29.5 Å². The van der Waals surface area contributed by atoms with E-state index in [1.54, 1.807) is 22.9 Å². The number of benzene rings is 2. The third-order valence-corrected chi connectivity index (χ3v) is 5.28. The SMILES string of the molecule is CC(C)(C)c1cc(NC(=O)COC(=O)CN2C(=O)c3ccccc3C2=O)n(-c2ccccc2)n1. The first-order valence-electron chi connectivity index (χ1n) is 10.7. The Bertz CT molecular complexity index is 1240. The summed E-state index contributed by atoms with van der Waals surface area (Å²) < 4.78 is 6.64. The number of fused-ring (bicyclic) bond motifs is 1. The summed E-state index contributed by atoms with van der Waals surface area (Å²) in [5.41, 5.74) is 1.76. The van der Waals surface area contributed by atoms with Gasteiger partial charge in [-0.3, -0.25) is 24.1 Å². The lowest BCUT2D eigenvalue weighted by molar-refractivity contribution is -0.147. The van der Waals surface area contributed by atoms with Crippen molar-refractivity contribution in [2.24, 2.45) is 0 Å². The Balaban J connectivity index is 1.40. The molecule has 1 aromatic heterocycles. The second kappa shape index (κ2) is 8.93. The first-order chi connectivity index (χ1) is 16.1. The third kappa shape index (κ3) is 4.59. The van der Waals surface area contributed by atoms with Crippen LogP contribution in [0.3, 0.4) is 0 Å². The fourth-order valence-corrected chi connectivity index (χ4v) is 3.49. The first kappa shape index (κ1) is 22.9. The van der Waals surface area contributed by atoms with Crippen molar-refractivity contribution < 1.29 is 23.9 Å². The first-order valence-corrected chi connectivity index (χ1v) is 10.7. The minimum absolute atomic E-state index is 0.238. The van der Waals surface area contributed by atoms with Crippen LogP contribution >= 0.6 is 0 Å². The quantitative estimate of drug-likeness (QED) is 0.447. The Hall–Kier alpha value is -4.27. The number of anilines is 1. The number of para-hydroxylation sites is 1. The molecule has 0 saturated heterocycles. The largest absolute Gasteiger partial charge is 0.454 e. The molecule has 0 aliphatic carbocycles. The molecule has 9 heteroatoms. The molecule has 3 amide bonds. The zero-order valence-electron chi connectivity index (χ0n) is 19.1. The monoisotopic (exact) mass is 460 g/mol. The zero-order valence-corrected chi connectivity index (χ0v) is 19.1. The van der Waals surface area contributed by atoms with Gasteiger partial charge in [0, 0.05) is 11.5 Å². The highest BCUT2D eigenvalue weighted by molar-refractivity contribution is 6.22. The van der Waals surface area contributed by atoms with Crippen LogP contribution in [0.1, 0.15) is 47.2 Å². The van der Waals surface area contributed by atoms with Crippen LogP contribution in [0.25, 0.3) is 5.69 Å². The summed E-state index contributed by atoms with van der Waals surface area (Å²) in [4.78, 5) is 50.4. The Morgan fingerprint density at radius 1 is 0.941 bits per heavy atom. The molecular weight excluding hydrogens is 436 g/mol. The van der Waals surface area contributed by atoms with E-state index in [2.05, 4.69) is 10.4 Å². The number of hydrogen-bond donors (Lipinski definition) is 1. The Kier molecular flexibility index (Phi) is 6.02. The molecule has 9 nitrogen and oxygen atoms in total. The number of amides is 3. The molecule has 0 radical (unpaired) electrons. The summed E-state index contributed by atoms with van der Waals surface area (Å²) in [6.45, 7) is 4.88. The number of rotatable bonds is 6. The lowest BCUT2D eigenvalue weighted by Gasteiger charge is -2.14. The summed E-state index contributed by atoms with van der Waals surface area (Å²) in [5.74, 6) is -2.14. The van der Waals surface area contributed by atoms with E-state index in [4.69, 9.17) is 4.74 Å². The van der Waals surface area contributed by atoms with Crippen molar-refractivity contribution in [3.05, 3.63) is 77.5 Å². The number of imide groups is 1. The molecule has 2 heterocycles. The van der Waals surface area contributed by atoms with Gasteiger partial charge in [-0.1, -0.05) is 51.1 Å². The maximum absolute atomic E-state index is 12.5. The molecule has 0 bridgehead atoms. The molecule has 1 aliphatic heterocycles. The molecule has 0 spiro atoms. The van der Waals surface area contributed by atoms with Crippen LogP contribution in [0.2, 0.25) is 0 Å². The maximum atomic E-state index is 12.5. The Labute approximate surface area is 196 Å². The van der Waals surface area contributed by atoms with Crippen molar-refractivity contribution in [1.82, 2.24) is 14.7 Å². The van der Waals surface area contributed by atoms with Gasteiger partial charge in [0.25, 0.3) is 17.7 Å². The lowest BCUT2D eigenvalue weighted by Crippen LogP contribution is -2.36. The van der Waals surface area contributed by atoms with Crippen molar-refractivity contribution in [3.63, 3.8) is 0 Å². The molecular formula is C25H24N4O5. The smallest absolute Gasteiger partial charge is 0.326 e. The summed E-state index contributed by atoms with van der Waals surface area (Å²) in [6.07, 6.45) is 0. The van der Waals surface area contributed by atoms with Gasteiger partial charge in [0.15, 0.2) is 6.61 Å². The van der Waals surface area contributed by atoms with Gasteiger partial charge < -0.3 is 10.1 Å². The molecule has 0 saturated carbocycles. The van der Waals surface area contributed by atoms with Gasteiger partial charge >= 0.3 is 5.97 Å². The average molecular weight is 460 g/mol. The zero-order chi connectivity index (χ0) is 24.5. The molecule has 2 aromatic carbocycles. The van der Waals surface area contributed by atoms with E-state index in [1.165, 1.54) is 12.1 Å². The predicted molar refractivity (Wildman–Crippen MR) is 124 cm³/mol. The highest BCUT2D eigenvalue weighted by Gasteiger charge is 2.36. The van der Waals surface area contributed by atoms with Gasteiger partial charge in [-0.05, 0) is 24.3 Å². The van der Waals surface area contributed by atoms with Crippen LogP contribution < -0.4 is 5.32 Å². The van der Waals surface area contributed by atoms with Gasteiger partial charge in [-0.15, -0.1) is 0 Å². The number of carbonyl (C=O) groups excluding carboxylic acids is 4. The summed E-state index contributed by atoms with van der Waals surface area (Å²) >= 11 is 0. The van der Waals surface area contributed by atoms with Crippen LogP contribution in [0, 0.1) is 0 Å². The summed E-state index contributed by atoms with van der Waals surface area (Å²) in [7, 11) is 0. The average Bonchev–Trinajstić information content (AvgIpc) is 3.34. The number of hydrogen-bond acceptors (Lipinski definition) is 6. The summed E-state index contributed by atoms with van der Waals surface area (Å²) in [5, 5.41) is 7.34. The van der Waals surface area contributed by atoms with Gasteiger partial charge in [0.05, 0.1) is 22.5 Å². The third-order valence-electron chi connectivity index (χ3n) is 5.28. The minimum atomic E-state index is -0.864. The van der Waals surface area contributed by atoms with Gasteiger partial charge in [0.2, 0.25) is 0 Å². The second-order valence-electron chi connectivity index (χ2n) is 8.86. The number of aromatic nitrogens is 2. The van der Waals surface area contributed by atoms with Crippen molar-refractivity contribution in [2.75, 3.05) is 18.5 Å². The number of nitrogens with zero attached hydrogens (tertiary/aromatic N) is 3. The number of ether oxygens (including phenoxy) is 1. The van der Waals surface area contributed by atoms with E-state index in [-0.39, 0.29) is 16.5 Å². The van der Waals surface area contributed by atoms with Gasteiger partial charge in [-0.2, -0.15) is 5.10 Å². The molecule has 0 atom stereocenters. The van der Waals surface area contributed by atoms with E-state index in [9.17, 15) is 19.2 Å². The van der Waals surface area contributed by atoms with E-state index < -0.39 is 36.8 Å². The fourth-order valence-electron chi connectivity index (χ4n) is 3.49. The maximum Gasteiger partial charge on any atom is 0.326 e. The Morgan fingerprint density at radius 3 is 2.12 bits per heavy atom. The highest BCUT2D eigenvalue weighted by Crippen LogP contribution is 2.26. The topological polar surface area (TPSA) is 111 Å². The van der Waals surface area contributed by atoms with Gasteiger partial charge in [-0.25, -0.2) is 4.68 Å². The lowest BCUT2D eigenvalue weighted by atomic mass is 9.92. The van der Waals surface area contributed by atoms with Crippen molar-refractivity contribution in [2.45, 2.75) is 26.2 Å². The standard InChI is InChI=1S/C25H24N4O5/c1-25(2,3)19-13-20(29(27-19)16-9-5-4-6-10-16)26-21(30)15-34-22(31)14-28-23(32)17-11-7-8-12-18(17)24(28)33/h4-13H,14-15H2,1-3H3,(H,26,30). The van der Waals surface area contributed by atoms with Crippen molar-refractivity contribution in [1.29, 1.82) is 0 Å². The van der Waals surface area contributed by atoms with E-state index in [0.717, 1.165) is 16.3 Å². The molecule has 1 N–H and O–H groups in total. The van der Waals surface area contributed by atoms with Crippen LogP contribution in [0.15, 0.2) is 60.7 Å². The van der Waals surface area contributed by atoms with Crippen LogP contribution in [0.5, 0.6) is 0 Å². The van der Waals surface area contributed by atoms with Crippen LogP contribution in [0.4, 0.5) is 5.82 Å². The predicted octanol–water partition coefficient (Wildman–Crippen LogP) is 2.95. The normalized spacial score (nSPS) is 13.1. The number of carbonyl (C=O) groups is 4. The molecule has 4 rings (SSSR count). The number of nitrogens with one attached hydrogen (secondary N) is 1. The van der Waals surface area contributed by atoms with E-state index in [0.29, 0.717) is 5.82 Å². The van der Waals surface area contributed by atoms with Crippen molar-refractivity contribution in [3.8, 4) is 5.69 Å². The fraction of sp³-hybridized carbons (Fsp3) is 0.240. The molecule has 34 heavy (non-hydrogen) atoms. The second-order valence-corrected chi connectivity index (χ2v) is 8.86. The minimum Gasteiger partial charge on any atom is -0.454 e. The van der Waals surface area contributed by atoms with Gasteiger partial charge in [0.1, 0.15) is 12.4 Å². The summed E-state index contributed by atoms with van der Waals surface area (Å²) in [6, 6.07) is 17.4. The number of esters is 1. The van der Waals surface area contributed by atoms with Crippen LogP contribution in [-0.2, 0) is 19.7 Å². The molecule has 1 aliphatic rings. The van der Waals surface area contributed by atoms with Crippen LogP contribution in [-0.4, -0.2) is 51.5 Å². The highest BCUT2D eigenvalue weighted by atomic mass is 16.5. The molecule has 0 unspecified atom stereocenters. The molecule has 3 aromatic rings. The molecule has 174 valence electrons. The molecule has 0 fully saturated rings. The van der Waals surface area contributed by atoms with E-state index >= 15 is 0 Å². The Morgan fingerprint density at radius 2 is 1.53 bits per heavy atom.